The van der Waals surface area contributed by atoms with Gasteiger partial charge in [0.05, 0.1) is 25.3 Å². The van der Waals surface area contributed by atoms with Gasteiger partial charge in [0.15, 0.2) is 0 Å². The second-order valence-electron chi connectivity index (χ2n) is 6.60. The van der Waals surface area contributed by atoms with Crippen molar-refractivity contribution in [3.8, 4) is 0 Å². The minimum absolute atomic E-state index is 0.216. The number of carbonyl (C=O) groups excluding carboxylic acids is 1. The van der Waals surface area contributed by atoms with Crippen LogP contribution in [-0.2, 0) is 16.0 Å². The molecule has 2 saturated heterocycles. The van der Waals surface area contributed by atoms with Gasteiger partial charge in [0, 0.05) is 26.2 Å². The number of aromatic nitrogens is 1. The van der Waals surface area contributed by atoms with Gasteiger partial charge < -0.3 is 14.5 Å². The zero-order chi connectivity index (χ0) is 16.2. The normalized spacial score (nSPS) is 19.0. The van der Waals surface area contributed by atoms with E-state index in [4.69, 9.17) is 9.72 Å². The van der Waals surface area contributed by atoms with Crippen LogP contribution in [0.25, 0.3) is 0 Å². The van der Waals surface area contributed by atoms with Gasteiger partial charge in [0.25, 0.3) is 0 Å². The average Bonchev–Trinajstić information content (AvgIpc) is 2.59. The monoisotopic (exact) mass is 317 g/mol. The molecule has 5 nitrogen and oxygen atoms in total. The summed E-state index contributed by atoms with van der Waals surface area (Å²) < 4.78 is 5.44. The lowest BCUT2D eigenvalue weighted by Gasteiger charge is -2.30. The average molecular weight is 317 g/mol. The van der Waals surface area contributed by atoms with Crippen LogP contribution < -0.4 is 4.90 Å². The number of hydrogen-bond acceptors (Lipinski definition) is 4. The van der Waals surface area contributed by atoms with E-state index in [2.05, 4.69) is 24.8 Å². The molecule has 1 aromatic rings. The highest BCUT2D eigenvalue weighted by Gasteiger charge is 2.20. The fourth-order valence-electron chi connectivity index (χ4n) is 3.37. The Morgan fingerprint density at radius 2 is 1.83 bits per heavy atom. The molecule has 0 atom stereocenters. The molecule has 0 spiro atoms. The molecule has 2 fully saturated rings. The molecule has 1 aromatic heterocycles. The van der Waals surface area contributed by atoms with E-state index in [0.717, 1.165) is 63.7 Å². The number of ether oxygens (including phenoxy) is 1. The molecular formula is C18H27N3O2. The number of aryl methyl sites for hydroxylation is 1. The number of anilines is 1. The number of likely N-dealkylation sites (tertiary alicyclic amines) is 1. The van der Waals surface area contributed by atoms with Crippen molar-refractivity contribution in [2.75, 3.05) is 44.3 Å². The molecule has 0 N–H and O–H groups in total. The molecule has 0 bridgehead atoms. The molecule has 0 aromatic carbocycles. The summed E-state index contributed by atoms with van der Waals surface area (Å²) in [4.78, 5) is 21.6. The Balaban J connectivity index is 1.76. The number of carbonyl (C=O) groups is 1. The molecule has 3 rings (SSSR count). The minimum atomic E-state index is 0.216. The van der Waals surface area contributed by atoms with Crippen LogP contribution in [0.15, 0.2) is 6.07 Å². The first-order valence-corrected chi connectivity index (χ1v) is 8.73. The molecule has 0 unspecified atom stereocenters. The topological polar surface area (TPSA) is 45.7 Å². The van der Waals surface area contributed by atoms with Crippen LogP contribution in [-0.4, -0.2) is 55.2 Å². The van der Waals surface area contributed by atoms with Crippen LogP contribution in [0.3, 0.4) is 0 Å². The lowest BCUT2D eigenvalue weighted by molar-refractivity contribution is -0.131. The highest BCUT2D eigenvalue weighted by molar-refractivity contribution is 5.78. The Hall–Kier alpha value is -1.62. The third-order valence-electron chi connectivity index (χ3n) is 4.91. The van der Waals surface area contributed by atoms with Gasteiger partial charge >= 0.3 is 0 Å². The lowest BCUT2D eigenvalue weighted by atomic mass is 10.1. The molecule has 0 aliphatic carbocycles. The summed E-state index contributed by atoms with van der Waals surface area (Å²) in [5.41, 5.74) is 3.31. The number of nitrogens with zero attached hydrogens (tertiary/aromatic N) is 3. The molecule has 3 heterocycles. The first-order valence-electron chi connectivity index (χ1n) is 8.73. The van der Waals surface area contributed by atoms with E-state index in [1.165, 1.54) is 17.5 Å². The fourth-order valence-corrected chi connectivity index (χ4v) is 3.37. The van der Waals surface area contributed by atoms with Crippen molar-refractivity contribution < 1.29 is 9.53 Å². The van der Waals surface area contributed by atoms with Crippen molar-refractivity contribution in [3.05, 3.63) is 22.9 Å². The minimum Gasteiger partial charge on any atom is -0.378 e. The molecule has 23 heavy (non-hydrogen) atoms. The van der Waals surface area contributed by atoms with Gasteiger partial charge in [-0.05, 0) is 50.3 Å². The standard InChI is InChI=1S/C18H27N3O2/c1-14-12-16(13-17(22)20-6-4-3-5-7-20)19-18(15(14)2)21-8-10-23-11-9-21/h12H,3-11,13H2,1-2H3. The Kier molecular flexibility index (Phi) is 5.16. The van der Waals surface area contributed by atoms with Crippen molar-refractivity contribution in [2.24, 2.45) is 0 Å². The van der Waals surface area contributed by atoms with Gasteiger partial charge in [-0.1, -0.05) is 0 Å². The van der Waals surface area contributed by atoms with Gasteiger partial charge in [-0.2, -0.15) is 0 Å². The van der Waals surface area contributed by atoms with E-state index in [1.54, 1.807) is 0 Å². The number of piperidine rings is 1. The number of hydrogen-bond donors (Lipinski definition) is 0. The van der Waals surface area contributed by atoms with Crippen LogP contribution in [0, 0.1) is 13.8 Å². The zero-order valence-corrected chi connectivity index (χ0v) is 14.3. The van der Waals surface area contributed by atoms with E-state index in [0.29, 0.717) is 6.42 Å². The van der Waals surface area contributed by atoms with Crippen molar-refractivity contribution in [2.45, 2.75) is 39.5 Å². The number of rotatable bonds is 3. The summed E-state index contributed by atoms with van der Waals surface area (Å²) in [7, 11) is 0. The van der Waals surface area contributed by atoms with E-state index < -0.39 is 0 Å². The van der Waals surface area contributed by atoms with E-state index in [1.807, 2.05) is 4.90 Å². The Bertz CT molecular complexity index is 562. The van der Waals surface area contributed by atoms with E-state index in [-0.39, 0.29) is 5.91 Å². The third kappa shape index (κ3) is 3.83. The summed E-state index contributed by atoms with van der Waals surface area (Å²) in [6, 6.07) is 2.07. The second kappa shape index (κ2) is 7.30. The molecule has 2 aliphatic heterocycles. The van der Waals surface area contributed by atoms with Gasteiger partial charge in [-0.3, -0.25) is 4.79 Å². The van der Waals surface area contributed by atoms with Gasteiger partial charge in [0.2, 0.25) is 5.91 Å². The molecular weight excluding hydrogens is 290 g/mol. The van der Waals surface area contributed by atoms with Crippen LogP contribution in [0.1, 0.15) is 36.1 Å². The molecule has 2 aliphatic rings. The number of pyridine rings is 1. The predicted octanol–water partition coefficient (Wildman–Crippen LogP) is 2.09. The first kappa shape index (κ1) is 16.2. The van der Waals surface area contributed by atoms with Crippen molar-refractivity contribution in [3.63, 3.8) is 0 Å². The molecule has 0 saturated carbocycles. The van der Waals surface area contributed by atoms with Crippen LogP contribution in [0.5, 0.6) is 0 Å². The second-order valence-corrected chi connectivity index (χ2v) is 6.60. The van der Waals surface area contributed by atoms with E-state index in [9.17, 15) is 4.79 Å². The smallest absolute Gasteiger partial charge is 0.228 e. The summed E-state index contributed by atoms with van der Waals surface area (Å²) in [5, 5.41) is 0. The quantitative estimate of drug-likeness (QED) is 0.856. The largest absolute Gasteiger partial charge is 0.378 e. The van der Waals surface area contributed by atoms with Gasteiger partial charge in [0.1, 0.15) is 5.82 Å². The van der Waals surface area contributed by atoms with Crippen LogP contribution in [0.2, 0.25) is 0 Å². The summed E-state index contributed by atoms with van der Waals surface area (Å²) in [5.74, 6) is 1.24. The van der Waals surface area contributed by atoms with Crippen LogP contribution in [0.4, 0.5) is 5.82 Å². The summed E-state index contributed by atoms with van der Waals surface area (Å²) in [6.45, 7) is 9.26. The van der Waals surface area contributed by atoms with Gasteiger partial charge in [-0.25, -0.2) is 4.98 Å². The maximum absolute atomic E-state index is 12.5. The zero-order valence-electron chi connectivity index (χ0n) is 14.3. The van der Waals surface area contributed by atoms with Crippen molar-refractivity contribution in [1.29, 1.82) is 0 Å². The Morgan fingerprint density at radius 1 is 1.13 bits per heavy atom. The Labute approximate surface area is 138 Å². The maximum atomic E-state index is 12.5. The molecule has 1 amide bonds. The van der Waals surface area contributed by atoms with Crippen molar-refractivity contribution >= 4 is 11.7 Å². The number of amides is 1. The maximum Gasteiger partial charge on any atom is 0.228 e. The molecule has 5 heteroatoms. The predicted molar refractivity (Wildman–Crippen MR) is 90.9 cm³/mol. The summed E-state index contributed by atoms with van der Waals surface area (Å²) in [6.07, 6.45) is 3.92. The third-order valence-corrected chi connectivity index (χ3v) is 4.91. The van der Waals surface area contributed by atoms with Gasteiger partial charge in [-0.15, -0.1) is 0 Å². The highest BCUT2D eigenvalue weighted by atomic mass is 16.5. The Morgan fingerprint density at radius 3 is 2.52 bits per heavy atom. The van der Waals surface area contributed by atoms with E-state index >= 15 is 0 Å². The first-order chi connectivity index (χ1) is 11.1. The number of morpholine rings is 1. The highest BCUT2D eigenvalue weighted by Crippen LogP contribution is 2.23. The molecule has 126 valence electrons. The molecule has 0 radical (unpaired) electrons. The lowest BCUT2D eigenvalue weighted by Crippen LogP contribution is -2.38. The summed E-state index contributed by atoms with van der Waals surface area (Å²) >= 11 is 0. The van der Waals surface area contributed by atoms with Crippen molar-refractivity contribution in [1.82, 2.24) is 9.88 Å². The SMILES string of the molecule is Cc1cc(CC(=O)N2CCCCC2)nc(N2CCOCC2)c1C. The van der Waals surface area contributed by atoms with Crippen LogP contribution >= 0.6 is 0 Å². The fraction of sp³-hybridized carbons (Fsp3) is 0.667.